The first-order chi connectivity index (χ1) is 5.57. The van der Waals surface area contributed by atoms with E-state index in [-0.39, 0.29) is 6.61 Å². The fourth-order valence-corrected chi connectivity index (χ4v) is 1.29. The number of rotatable bonds is 1. The van der Waals surface area contributed by atoms with E-state index in [1.807, 2.05) is 0 Å². The van der Waals surface area contributed by atoms with Gasteiger partial charge in [-0.2, -0.15) is 0 Å². The summed E-state index contributed by atoms with van der Waals surface area (Å²) in [6.45, 7) is 1.22. The molecule has 1 fully saturated rings. The average molecular weight is 178 g/mol. The average Bonchev–Trinajstić information content (AvgIpc) is 2.08. The van der Waals surface area contributed by atoms with E-state index in [0.29, 0.717) is 0 Å². The number of aliphatic hydroxyl groups is 4. The predicted molar refractivity (Wildman–Crippen MR) is 39.1 cm³/mol. The Bertz CT molecular complexity index is 146. The predicted octanol–water partition coefficient (Wildman–Crippen LogP) is -1.95. The van der Waals surface area contributed by atoms with E-state index >= 15 is 0 Å². The highest BCUT2D eigenvalue weighted by atomic mass is 16.6. The van der Waals surface area contributed by atoms with Crippen molar-refractivity contribution < 1.29 is 25.2 Å². The van der Waals surface area contributed by atoms with Gasteiger partial charge in [0.25, 0.3) is 0 Å². The van der Waals surface area contributed by atoms with Gasteiger partial charge in [0.2, 0.25) is 0 Å². The SMILES string of the molecule is CC1[C@H](O)C(CO)O[C@H](O)[C@@H]1O. The molecule has 1 saturated heterocycles. The minimum Gasteiger partial charge on any atom is -0.394 e. The molecule has 4 N–H and O–H groups in total. The van der Waals surface area contributed by atoms with E-state index in [1.54, 1.807) is 6.92 Å². The quantitative estimate of drug-likeness (QED) is 0.375. The fraction of sp³-hybridized carbons (Fsp3) is 1.00. The van der Waals surface area contributed by atoms with Crippen LogP contribution in [-0.2, 0) is 4.74 Å². The Morgan fingerprint density at radius 3 is 2.25 bits per heavy atom. The van der Waals surface area contributed by atoms with Gasteiger partial charge in [-0.05, 0) is 0 Å². The molecule has 5 nitrogen and oxygen atoms in total. The molecule has 72 valence electrons. The van der Waals surface area contributed by atoms with Crippen molar-refractivity contribution in [3.8, 4) is 0 Å². The normalized spacial score (nSPS) is 49.2. The van der Waals surface area contributed by atoms with E-state index in [0.717, 1.165) is 0 Å². The zero-order valence-corrected chi connectivity index (χ0v) is 6.79. The lowest BCUT2D eigenvalue weighted by atomic mass is 9.91. The van der Waals surface area contributed by atoms with Gasteiger partial charge < -0.3 is 25.2 Å². The Balaban J connectivity index is 2.63. The third-order valence-electron chi connectivity index (χ3n) is 2.24. The van der Waals surface area contributed by atoms with Crippen molar-refractivity contribution in [2.45, 2.75) is 31.5 Å². The minimum atomic E-state index is -1.32. The molecule has 1 aliphatic heterocycles. The summed E-state index contributed by atoms with van der Waals surface area (Å²) in [6, 6.07) is 0. The molecule has 0 radical (unpaired) electrons. The van der Waals surface area contributed by atoms with E-state index in [9.17, 15) is 10.2 Å². The van der Waals surface area contributed by atoms with E-state index in [4.69, 9.17) is 14.9 Å². The number of hydrogen-bond donors (Lipinski definition) is 4. The van der Waals surface area contributed by atoms with Gasteiger partial charge in [-0.3, -0.25) is 0 Å². The highest BCUT2D eigenvalue weighted by Crippen LogP contribution is 2.24. The molecule has 2 unspecified atom stereocenters. The second-order valence-corrected chi connectivity index (χ2v) is 3.09. The molecule has 5 heteroatoms. The highest BCUT2D eigenvalue weighted by Gasteiger charge is 2.40. The van der Waals surface area contributed by atoms with Crippen LogP contribution in [0.3, 0.4) is 0 Å². The monoisotopic (exact) mass is 178 g/mol. The molecule has 0 aromatic rings. The summed E-state index contributed by atoms with van der Waals surface area (Å²) in [4.78, 5) is 0. The summed E-state index contributed by atoms with van der Waals surface area (Å²) in [5, 5.41) is 36.4. The van der Waals surface area contributed by atoms with Crippen LogP contribution in [0.5, 0.6) is 0 Å². The van der Waals surface area contributed by atoms with Crippen LogP contribution in [0.1, 0.15) is 6.92 Å². The molecule has 5 atom stereocenters. The largest absolute Gasteiger partial charge is 0.394 e. The Kier molecular flexibility index (Phi) is 3.03. The Hall–Kier alpha value is -0.200. The molecule has 0 bridgehead atoms. The second-order valence-electron chi connectivity index (χ2n) is 3.09. The second kappa shape index (κ2) is 3.68. The van der Waals surface area contributed by atoms with Crippen LogP contribution in [0.25, 0.3) is 0 Å². The van der Waals surface area contributed by atoms with Crippen molar-refractivity contribution in [3.63, 3.8) is 0 Å². The van der Waals surface area contributed by atoms with Gasteiger partial charge in [-0.25, -0.2) is 0 Å². The Morgan fingerprint density at radius 1 is 1.17 bits per heavy atom. The smallest absolute Gasteiger partial charge is 0.181 e. The standard InChI is InChI=1S/C7H14O5/c1-3-5(9)4(2-8)12-7(11)6(3)10/h3-11H,2H2,1H3/t3?,4?,5-,6+,7-/m0/s1. The van der Waals surface area contributed by atoms with Crippen molar-refractivity contribution in [2.24, 2.45) is 5.92 Å². The Morgan fingerprint density at radius 2 is 1.75 bits per heavy atom. The molecular formula is C7H14O5. The summed E-state index contributed by atoms with van der Waals surface area (Å²) in [5.41, 5.74) is 0. The van der Waals surface area contributed by atoms with Crippen LogP contribution >= 0.6 is 0 Å². The number of aliphatic hydroxyl groups excluding tert-OH is 4. The molecule has 0 aliphatic carbocycles. The summed E-state index contributed by atoms with van der Waals surface area (Å²) < 4.78 is 4.74. The third-order valence-corrected chi connectivity index (χ3v) is 2.24. The molecule has 1 aliphatic rings. The lowest BCUT2D eigenvalue weighted by molar-refractivity contribution is -0.271. The zero-order valence-electron chi connectivity index (χ0n) is 6.79. The molecule has 0 saturated carbocycles. The van der Waals surface area contributed by atoms with Gasteiger partial charge in [0.1, 0.15) is 12.2 Å². The Labute approximate surface area is 70.2 Å². The minimum absolute atomic E-state index is 0.366. The molecule has 0 amide bonds. The van der Waals surface area contributed by atoms with Crippen LogP contribution in [0.4, 0.5) is 0 Å². The first-order valence-electron chi connectivity index (χ1n) is 3.88. The third kappa shape index (κ3) is 1.60. The van der Waals surface area contributed by atoms with Crippen molar-refractivity contribution >= 4 is 0 Å². The van der Waals surface area contributed by atoms with E-state index < -0.39 is 30.5 Å². The van der Waals surface area contributed by atoms with E-state index in [1.165, 1.54) is 0 Å². The van der Waals surface area contributed by atoms with Crippen LogP contribution < -0.4 is 0 Å². The molecule has 12 heavy (non-hydrogen) atoms. The van der Waals surface area contributed by atoms with Crippen molar-refractivity contribution in [3.05, 3.63) is 0 Å². The van der Waals surface area contributed by atoms with Crippen LogP contribution in [0.15, 0.2) is 0 Å². The molecule has 0 aromatic heterocycles. The molecule has 0 aromatic carbocycles. The number of ether oxygens (including phenoxy) is 1. The van der Waals surface area contributed by atoms with Crippen molar-refractivity contribution in [2.75, 3.05) is 6.61 Å². The fourth-order valence-electron chi connectivity index (χ4n) is 1.29. The first-order valence-corrected chi connectivity index (χ1v) is 3.88. The maximum atomic E-state index is 9.37. The molecular weight excluding hydrogens is 164 g/mol. The lowest BCUT2D eigenvalue weighted by Crippen LogP contribution is -2.54. The topological polar surface area (TPSA) is 90.2 Å². The number of hydrogen-bond acceptors (Lipinski definition) is 5. The highest BCUT2D eigenvalue weighted by molar-refractivity contribution is 4.85. The van der Waals surface area contributed by atoms with Gasteiger partial charge in [0, 0.05) is 5.92 Å². The lowest BCUT2D eigenvalue weighted by Gasteiger charge is -2.38. The van der Waals surface area contributed by atoms with Crippen molar-refractivity contribution in [1.82, 2.24) is 0 Å². The van der Waals surface area contributed by atoms with Crippen LogP contribution in [0, 0.1) is 5.92 Å². The van der Waals surface area contributed by atoms with Gasteiger partial charge in [0.15, 0.2) is 6.29 Å². The van der Waals surface area contributed by atoms with Crippen molar-refractivity contribution in [1.29, 1.82) is 0 Å². The molecule has 1 heterocycles. The summed E-state index contributed by atoms with van der Waals surface area (Å²) in [6.07, 6.45) is -4.16. The summed E-state index contributed by atoms with van der Waals surface area (Å²) in [5.74, 6) is -0.495. The van der Waals surface area contributed by atoms with Crippen LogP contribution in [-0.4, -0.2) is 51.6 Å². The zero-order chi connectivity index (χ0) is 9.30. The summed E-state index contributed by atoms with van der Waals surface area (Å²) in [7, 11) is 0. The van der Waals surface area contributed by atoms with Crippen LogP contribution in [0.2, 0.25) is 0 Å². The molecule has 0 spiro atoms. The summed E-state index contributed by atoms with van der Waals surface area (Å²) >= 11 is 0. The van der Waals surface area contributed by atoms with Gasteiger partial charge in [-0.15, -0.1) is 0 Å². The van der Waals surface area contributed by atoms with E-state index in [2.05, 4.69) is 0 Å². The van der Waals surface area contributed by atoms with Gasteiger partial charge >= 0.3 is 0 Å². The van der Waals surface area contributed by atoms with Gasteiger partial charge in [-0.1, -0.05) is 6.92 Å². The first kappa shape index (κ1) is 9.88. The maximum Gasteiger partial charge on any atom is 0.181 e. The maximum absolute atomic E-state index is 9.37. The van der Waals surface area contributed by atoms with Gasteiger partial charge in [0.05, 0.1) is 12.7 Å². The molecule has 1 rings (SSSR count).